The number of aromatic nitrogens is 3. The minimum atomic E-state index is 0.657. The SMILES string of the molecule is Cc1nn(C)c(Cl)c1CNc1cccnc1. The fraction of sp³-hybridized carbons (Fsp3) is 0.273. The summed E-state index contributed by atoms with van der Waals surface area (Å²) < 4.78 is 1.68. The highest BCUT2D eigenvalue weighted by molar-refractivity contribution is 6.30. The third kappa shape index (κ3) is 2.17. The van der Waals surface area contributed by atoms with E-state index in [0.29, 0.717) is 11.7 Å². The zero-order valence-electron chi connectivity index (χ0n) is 9.24. The lowest BCUT2D eigenvalue weighted by molar-refractivity contribution is 0.757. The standard InChI is InChI=1S/C11H13ClN4/c1-8-10(11(12)16(2)15-8)7-14-9-4-3-5-13-6-9/h3-6,14H,7H2,1-2H3. The average molecular weight is 237 g/mol. The van der Waals surface area contributed by atoms with Crippen molar-refractivity contribution in [3.8, 4) is 0 Å². The Kier molecular flexibility index (Phi) is 3.10. The lowest BCUT2D eigenvalue weighted by Crippen LogP contribution is -2.00. The summed E-state index contributed by atoms with van der Waals surface area (Å²) in [7, 11) is 1.84. The first-order chi connectivity index (χ1) is 7.68. The van der Waals surface area contributed by atoms with Crippen LogP contribution in [0, 0.1) is 6.92 Å². The highest BCUT2D eigenvalue weighted by atomic mass is 35.5. The fourth-order valence-electron chi connectivity index (χ4n) is 1.53. The number of aryl methyl sites for hydroxylation is 2. The van der Waals surface area contributed by atoms with Crippen molar-refractivity contribution in [3.05, 3.63) is 40.9 Å². The Morgan fingerprint density at radius 1 is 1.50 bits per heavy atom. The van der Waals surface area contributed by atoms with E-state index in [2.05, 4.69) is 15.4 Å². The van der Waals surface area contributed by atoms with E-state index in [9.17, 15) is 0 Å². The van der Waals surface area contributed by atoms with Crippen LogP contribution in [0.1, 0.15) is 11.3 Å². The Bertz CT molecular complexity index is 478. The van der Waals surface area contributed by atoms with Gasteiger partial charge in [-0.15, -0.1) is 0 Å². The van der Waals surface area contributed by atoms with E-state index in [1.54, 1.807) is 17.1 Å². The first kappa shape index (κ1) is 11.0. The summed E-state index contributed by atoms with van der Waals surface area (Å²) in [6.45, 7) is 2.61. The summed E-state index contributed by atoms with van der Waals surface area (Å²) in [6, 6.07) is 3.85. The molecule has 0 fully saturated rings. The van der Waals surface area contributed by atoms with Crippen molar-refractivity contribution in [2.75, 3.05) is 5.32 Å². The van der Waals surface area contributed by atoms with Crippen LogP contribution in [0.4, 0.5) is 5.69 Å². The molecular formula is C11H13ClN4. The lowest BCUT2D eigenvalue weighted by atomic mass is 10.2. The number of halogens is 1. The number of pyridine rings is 1. The van der Waals surface area contributed by atoms with E-state index >= 15 is 0 Å². The van der Waals surface area contributed by atoms with Crippen molar-refractivity contribution in [2.24, 2.45) is 7.05 Å². The van der Waals surface area contributed by atoms with Crippen LogP contribution < -0.4 is 5.32 Å². The van der Waals surface area contributed by atoms with Gasteiger partial charge in [-0.1, -0.05) is 11.6 Å². The molecule has 0 aliphatic heterocycles. The molecule has 2 heterocycles. The van der Waals surface area contributed by atoms with Crippen LogP contribution in [0.25, 0.3) is 0 Å². The normalized spacial score (nSPS) is 10.4. The smallest absolute Gasteiger partial charge is 0.131 e. The molecule has 0 radical (unpaired) electrons. The van der Waals surface area contributed by atoms with Gasteiger partial charge in [0.05, 0.1) is 11.4 Å². The van der Waals surface area contributed by atoms with Gasteiger partial charge in [-0.3, -0.25) is 9.67 Å². The first-order valence-electron chi connectivity index (χ1n) is 5.00. The molecule has 0 bridgehead atoms. The van der Waals surface area contributed by atoms with E-state index in [0.717, 1.165) is 16.9 Å². The summed E-state index contributed by atoms with van der Waals surface area (Å²) in [4.78, 5) is 4.03. The summed E-state index contributed by atoms with van der Waals surface area (Å²) >= 11 is 6.13. The number of hydrogen-bond acceptors (Lipinski definition) is 3. The first-order valence-corrected chi connectivity index (χ1v) is 5.38. The van der Waals surface area contributed by atoms with Crippen LogP contribution in [0.2, 0.25) is 5.15 Å². The van der Waals surface area contributed by atoms with Gasteiger partial charge in [-0.25, -0.2) is 0 Å². The molecule has 0 unspecified atom stereocenters. The predicted octanol–water partition coefficient (Wildman–Crippen LogP) is 2.39. The molecule has 0 aromatic carbocycles. The number of nitrogens with one attached hydrogen (secondary N) is 1. The highest BCUT2D eigenvalue weighted by Gasteiger charge is 2.10. The van der Waals surface area contributed by atoms with Crippen molar-refractivity contribution >= 4 is 17.3 Å². The van der Waals surface area contributed by atoms with Crippen molar-refractivity contribution in [2.45, 2.75) is 13.5 Å². The molecule has 16 heavy (non-hydrogen) atoms. The summed E-state index contributed by atoms with van der Waals surface area (Å²) in [6.07, 6.45) is 3.52. The molecule has 0 saturated carbocycles. The molecule has 0 spiro atoms. The van der Waals surface area contributed by atoms with Gasteiger partial charge in [-0.05, 0) is 19.1 Å². The minimum Gasteiger partial charge on any atom is -0.380 e. The Morgan fingerprint density at radius 3 is 2.88 bits per heavy atom. The molecule has 2 aromatic rings. The van der Waals surface area contributed by atoms with Crippen LogP contribution in [0.5, 0.6) is 0 Å². The van der Waals surface area contributed by atoms with Crippen LogP contribution >= 0.6 is 11.6 Å². The summed E-state index contributed by atoms with van der Waals surface area (Å²) in [5, 5.41) is 8.18. The number of hydrogen-bond donors (Lipinski definition) is 1. The van der Waals surface area contributed by atoms with E-state index in [4.69, 9.17) is 11.6 Å². The molecule has 4 nitrogen and oxygen atoms in total. The van der Waals surface area contributed by atoms with Crippen LogP contribution in [-0.4, -0.2) is 14.8 Å². The number of anilines is 1. The topological polar surface area (TPSA) is 42.7 Å². The Balaban J connectivity index is 2.11. The van der Waals surface area contributed by atoms with Crippen molar-refractivity contribution in [3.63, 3.8) is 0 Å². The molecule has 0 aliphatic carbocycles. The zero-order chi connectivity index (χ0) is 11.5. The molecular weight excluding hydrogens is 224 g/mol. The number of rotatable bonds is 3. The molecule has 5 heteroatoms. The van der Waals surface area contributed by atoms with E-state index in [-0.39, 0.29) is 0 Å². The van der Waals surface area contributed by atoms with Gasteiger partial charge in [0.1, 0.15) is 5.15 Å². The maximum absolute atomic E-state index is 6.13. The third-order valence-corrected chi connectivity index (χ3v) is 2.87. The number of nitrogens with zero attached hydrogens (tertiary/aromatic N) is 3. The molecule has 0 atom stereocenters. The van der Waals surface area contributed by atoms with Crippen LogP contribution in [-0.2, 0) is 13.6 Å². The maximum Gasteiger partial charge on any atom is 0.131 e. The largest absolute Gasteiger partial charge is 0.380 e. The molecule has 0 aliphatic rings. The molecule has 0 saturated heterocycles. The summed E-state index contributed by atoms with van der Waals surface area (Å²) in [5.41, 5.74) is 2.94. The molecule has 2 rings (SSSR count). The molecule has 1 N–H and O–H groups in total. The Hall–Kier alpha value is -1.55. The van der Waals surface area contributed by atoms with E-state index in [1.165, 1.54) is 0 Å². The Labute approximate surface area is 99.3 Å². The van der Waals surface area contributed by atoms with Gasteiger partial charge >= 0.3 is 0 Å². The molecule has 84 valence electrons. The van der Waals surface area contributed by atoms with Gasteiger partial charge in [0, 0.05) is 31.5 Å². The van der Waals surface area contributed by atoms with Gasteiger partial charge < -0.3 is 5.32 Å². The van der Waals surface area contributed by atoms with Gasteiger partial charge in [0.25, 0.3) is 0 Å². The van der Waals surface area contributed by atoms with E-state index < -0.39 is 0 Å². The fourth-order valence-corrected chi connectivity index (χ4v) is 1.77. The monoisotopic (exact) mass is 236 g/mol. The molecule has 2 aromatic heterocycles. The highest BCUT2D eigenvalue weighted by Crippen LogP contribution is 2.19. The Morgan fingerprint density at radius 2 is 2.31 bits per heavy atom. The predicted molar refractivity (Wildman–Crippen MR) is 64.5 cm³/mol. The maximum atomic E-state index is 6.13. The van der Waals surface area contributed by atoms with E-state index in [1.807, 2.05) is 26.1 Å². The van der Waals surface area contributed by atoms with Gasteiger partial charge in [0.2, 0.25) is 0 Å². The minimum absolute atomic E-state index is 0.657. The third-order valence-electron chi connectivity index (χ3n) is 2.40. The quantitative estimate of drug-likeness (QED) is 0.890. The van der Waals surface area contributed by atoms with Crippen molar-refractivity contribution in [1.29, 1.82) is 0 Å². The second-order valence-electron chi connectivity index (χ2n) is 3.57. The van der Waals surface area contributed by atoms with Crippen molar-refractivity contribution in [1.82, 2.24) is 14.8 Å². The second kappa shape index (κ2) is 4.53. The lowest BCUT2D eigenvalue weighted by Gasteiger charge is -2.05. The molecule has 0 amide bonds. The second-order valence-corrected chi connectivity index (χ2v) is 3.93. The zero-order valence-corrected chi connectivity index (χ0v) is 9.99. The summed E-state index contributed by atoms with van der Waals surface area (Å²) in [5.74, 6) is 0. The average Bonchev–Trinajstić information content (AvgIpc) is 2.53. The van der Waals surface area contributed by atoms with Crippen LogP contribution in [0.15, 0.2) is 24.5 Å². The van der Waals surface area contributed by atoms with Crippen LogP contribution in [0.3, 0.4) is 0 Å². The van der Waals surface area contributed by atoms with Crippen molar-refractivity contribution < 1.29 is 0 Å². The van der Waals surface area contributed by atoms with Gasteiger partial charge in [0.15, 0.2) is 0 Å². The van der Waals surface area contributed by atoms with Gasteiger partial charge in [-0.2, -0.15) is 5.10 Å².